The lowest BCUT2D eigenvalue weighted by molar-refractivity contribution is 0.202. The average molecular weight is 283 g/mol. The van der Waals surface area contributed by atoms with Crippen LogP contribution in [-0.2, 0) is 0 Å². The number of nitrogens with zero attached hydrogens (tertiary/aromatic N) is 2. The van der Waals surface area contributed by atoms with E-state index in [0.29, 0.717) is 6.54 Å². The Hall–Kier alpha value is -1.69. The van der Waals surface area contributed by atoms with E-state index in [9.17, 15) is 13.6 Å². The first-order valence-electron chi connectivity index (χ1n) is 6.65. The van der Waals surface area contributed by atoms with Crippen LogP contribution in [0, 0.1) is 11.6 Å². The molecule has 0 spiro atoms. The Balaban J connectivity index is 1.98. The molecule has 0 saturated heterocycles. The zero-order valence-electron chi connectivity index (χ0n) is 11.7. The van der Waals surface area contributed by atoms with Crippen molar-refractivity contribution in [1.82, 2.24) is 9.80 Å². The van der Waals surface area contributed by atoms with E-state index in [1.807, 2.05) is 19.0 Å². The Morgan fingerprint density at radius 1 is 1.25 bits per heavy atom. The number of benzene rings is 1. The van der Waals surface area contributed by atoms with Gasteiger partial charge in [-0.15, -0.1) is 0 Å². The van der Waals surface area contributed by atoms with E-state index >= 15 is 0 Å². The molecule has 1 N–H and O–H groups in total. The molecule has 1 saturated carbocycles. The number of hydrogen-bond acceptors (Lipinski definition) is 2. The highest BCUT2D eigenvalue weighted by atomic mass is 19.2. The van der Waals surface area contributed by atoms with Crippen LogP contribution in [0.3, 0.4) is 0 Å². The van der Waals surface area contributed by atoms with Crippen molar-refractivity contribution in [3.63, 3.8) is 0 Å². The minimum atomic E-state index is -0.964. The third-order valence-corrected chi connectivity index (χ3v) is 3.21. The highest BCUT2D eigenvalue weighted by molar-refractivity contribution is 5.89. The molecule has 0 aromatic heterocycles. The van der Waals surface area contributed by atoms with Crippen LogP contribution in [-0.4, -0.2) is 49.1 Å². The first kappa shape index (κ1) is 14.7. The topological polar surface area (TPSA) is 35.6 Å². The first-order chi connectivity index (χ1) is 9.47. The van der Waals surface area contributed by atoms with Gasteiger partial charge in [-0.2, -0.15) is 0 Å². The fraction of sp³-hybridized carbons (Fsp3) is 0.500. The summed E-state index contributed by atoms with van der Waals surface area (Å²) >= 11 is 0. The summed E-state index contributed by atoms with van der Waals surface area (Å²) in [5.41, 5.74) is 0.268. The summed E-state index contributed by atoms with van der Waals surface area (Å²) in [5.74, 6) is -1.89. The van der Waals surface area contributed by atoms with Crippen LogP contribution in [0.4, 0.5) is 19.3 Å². The normalized spacial score (nSPS) is 14.4. The predicted molar refractivity (Wildman–Crippen MR) is 73.7 cm³/mol. The molecule has 0 radical (unpaired) electrons. The fourth-order valence-corrected chi connectivity index (χ4v) is 1.91. The highest BCUT2D eigenvalue weighted by Gasteiger charge is 2.32. The Bertz CT molecular complexity index is 489. The number of nitrogens with one attached hydrogen (secondary N) is 1. The second-order valence-electron chi connectivity index (χ2n) is 5.29. The Kier molecular flexibility index (Phi) is 4.54. The highest BCUT2D eigenvalue weighted by Crippen LogP contribution is 2.27. The molecule has 0 atom stereocenters. The van der Waals surface area contributed by atoms with Gasteiger partial charge < -0.3 is 15.1 Å². The Labute approximate surface area is 117 Å². The van der Waals surface area contributed by atoms with Crippen molar-refractivity contribution < 1.29 is 13.6 Å². The van der Waals surface area contributed by atoms with Gasteiger partial charge in [0.05, 0.1) is 0 Å². The molecule has 110 valence electrons. The van der Waals surface area contributed by atoms with E-state index in [0.717, 1.165) is 31.5 Å². The summed E-state index contributed by atoms with van der Waals surface area (Å²) < 4.78 is 25.9. The molecule has 0 bridgehead atoms. The van der Waals surface area contributed by atoms with Crippen LogP contribution in [0.2, 0.25) is 0 Å². The Morgan fingerprint density at radius 2 is 1.95 bits per heavy atom. The molecule has 1 aliphatic rings. The van der Waals surface area contributed by atoms with E-state index < -0.39 is 11.6 Å². The van der Waals surface area contributed by atoms with Gasteiger partial charge in [-0.05, 0) is 39.1 Å². The summed E-state index contributed by atoms with van der Waals surface area (Å²) in [7, 11) is 3.89. The zero-order valence-corrected chi connectivity index (χ0v) is 11.7. The van der Waals surface area contributed by atoms with Gasteiger partial charge in [-0.25, -0.2) is 13.6 Å². The van der Waals surface area contributed by atoms with Gasteiger partial charge in [0.25, 0.3) is 0 Å². The monoisotopic (exact) mass is 283 g/mol. The number of likely N-dealkylation sites (N-methyl/N-ethyl adjacent to an activating group) is 1. The zero-order chi connectivity index (χ0) is 14.7. The third kappa shape index (κ3) is 3.90. The van der Waals surface area contributed by atoms with E-state index in [1.165, 1.54) is 6.07 Å². The maximum Gasteiger partial charge on any atom is 0.322 e. The molecule has 0 heterocycles. The maximum absolute atomic E-state index is 13.1. The number of amides is 2. The molecule has 6 heteroatoms. The number of anilines is 1. The summed E-state index contributed by atoms with van der Waals surface area (Å²) in [6.07, 6.45) is 2.00. The lowest BCUT2D eigenvalue weighted by Crippen LogP contribution is -2.40. The number of carbonyl (C=O) groups is 1. The van der Waals surface area contributed by atoms with Crippen molar-refractivity contribution in [3.05, 3.63) is 29.8 Å². The maximum atomic E-state index is 13.1. The van der Waals surface area contributed by atoms with E-state index in [-0.39, 0.29) is 17.8 Å². The molecule has 1 aromatic rings. The molecular weight excluding hydrogens is 264 g/mol. The van der Waals surface area contributed by atoms with Crippen molar-refractivity contribution in [2.75, 3.05) is 32.5 Å². The number of rotatable bonds is 5. The van der Waals surface area contributed by atoms with Gasteiger partial charge in [0.2, 0.25) is 0 Å². The number of halogens is 2. The average Bonchev–Trinajstić information content (AvgIpc) is 3.18. The van der Waals surface area contributed by atoms with Crippen molar-refractivity contribution in [2.45, 2.75) is 18.9 Å². The van der Waals surface area contributed by atoms with E-state index in [2.05, 4.69) is 5.32 Å². The van der Waals surface area contributed by atoms with Crippen LogP contribution in [0.15, 0.2) is 18.2 Å². The minimum absolute atomic E-state index is 0.264. The van der Waals surface area contributed by atoms with Crippen LogP contribution >= 0.6 is 0 Å². The van der Waals surface area contributed by atoms with Crippen LogP contribution < -0.4 is 5.32 Å². The van der Waals surface area contributed by atoms with Gasteiger partial charge >= 0.3 is 6.03 Å². The molecule has 1 aromatic carbocycles. The molecule has 20 heavy (non-hydrogen) atoms. The van der Waals surface area contributed by atoms with Gasteiger partial charge in [0, 0.05) is 30.9 Å². The summed E-state index contributed by atoms with van der Waals surface area (Å²) in [6.45, 7) is 1.38. The van der Waals surface area contributed by atoms with Crippen molar-refractivity contribution in [3.8, 4) is 0 Å². The van der Waals surface area contributed by atoms with Crippen molar-refractivity contribution >= 4 is 11.7 Å². The molecule has 4 nitrogen and oxygen atoms in total. The first-order valence-corrected chi connectivity index (χ1v) is 6.65. The van der Waals surface area contributed by atoms with Crippen molar-refractivity contribution in [1.29, 1.82) is 0 Å². The van der Waals surface area contributed by atoms with Crippen LogP contribution in [0.25, 0.3) is 0 Å². The van der Waals surface area contributed by atoms with E-state index in [1.54, 1.807) is 4.90 Å². The van der Waals surface area contributed by atoms with Gasteiger partial charge in [-0.3, -0.25) is 0 Å². The van der Waals surface area contributed by atoms with Gasteiger partial charge in [0.15, 0.2) is 11.6 Å². The standard InChI is InChI=1S/C14H19F2N3O/c1-18(2)7-8-19(11-4-5-11)14(20)17-10-3-6-12(15)13(16)9-10/h3,6,9,11H,4-5,7-8H2,1-2H3,(H,17,20). The SMILES string of the molecule is CN(C)CCN(C(=O)Nc1ccc(F)c(F)c1)C1CC1. The number of urea groups is 1. The molecule has 1 aliphatic carbocycles. The molecular formula is C14H19F2N3O. The second-order valence-corrected chi connectivity index (χ2v) is 5.29. The molecule has 0 aliphatic heterocycles. The largest absolute Gasteiger partial charge is 0.322 e. The summed E-state index contributed by atoms with van der Waals surface area (Å²) in [4.78, 5) is 15.9. The lowest BCUT2D eigenvalue weighted by atomic mass is 10.3. The van der Waals surface area contributed by atoms with Crippen LogP contribution in [0.5, 0.6) is 0 Å². The molecule has 2 rings (SSSR count). The Morgan fingerprint density at radius 3 is 2.50 bits per heavy atom. The second kappa shape index (κ2) is 6.17. The predicted octanol–water partition coefficient (Wildman–Crippen LogP) is 2.52. The number of hydrogen-bond donors (Lipinski definition) is 1. The summed E-state index contributed by atoms with van der Waals surface area (Å²) in [6, 6.07) is 3.35. The molecule has 1 fully saturated rings. The van der Waals surface area contributed by atoms with Gasteiger partial charge in [0.1, 0.15) is 0 Å². The molecule has 0 unspecified atom stereocenters. The fourth-order valence-electron chi connectivity index (χ4n) is 1.91. The third-order valence-electron chi connectivity index (χ3n) is 3.21. The van der Waals surface area contributed by atoms with E-state index in [4.69, 9.17) is 0 Å². The molecule has 2 amide bonds. The number of carbonyl (C=O) groups excluding carboxylic acids is 1. The van der Waals surface area contributed by atoms with Crippen LogP contribution in [0.1, 0.15) is 12.8 Å². The smallest absolute Gasteiger partial charge is 0.320 e. The van der Waals surface area contributed by atoms with Gasteiger partial charge in [-0.1, -0.05) is 0 Å². The minimum Gasteiger partial charge on any atom is -0.320 e. The lowest BCUT2D eigenvalue weighted by Gasteiger charge is -2.24. The quantitative estimate of drug-likeness (QED) is 0.901. The summed E-state index contributed by atoms with van der Waals surface area (Å²) in [5, 5.41) is 2.62. The van der Waals surface area contributed by atoms with Crippen molar-refractivity contribution in [2.24, 2.45) is 0 Å².